The summed E-state index contributed by atoms with van der Waals surface area (Å²) in [5.74, 6) is 0.682. The number of aromatic nitrogens is 4. The Morgan fingerprint density at radius 1 is 1.24 bits per heavy atom. The molecule has 0 aromatic carbocycles. The van der Waals surface area contributed by atoms with Gasteiger partial charge in [-0.2, -0.15) is 5.26 Å². The van der Waals surface area contributed by atoms with Crippen LogP contribution in [0.15, 0.2) is 48.7 Å². The minimum Gasteiger partial charge on any atom is -0.392 e. The lowest BCUT2D eigenvalue weighted by molar-refractivity contribution is -0.114. The third kappa shape index (κ3) is 5.47. The number of aliphatic hydroxyl groups is 1. The van der Waals surface area contributed by atoms with Gasteiger partial charge >= 0.3 is 0 Å². The number of nitrogens with one attached hydrogen (secondary N) is 1. The predicted molar refractivity (Wildman–Crippen MR) is 153 cm³/mol. The van der Waals surface area contributed by atoms with Crippen molar-refractivity contribution in [3.8, 4) is 6.07 Å². The molecule has 11 heteroatoms. The number of hydrogen-bond donors (Lipinski definition) is 2. The van der Waals surface area contributed by atoms with E-state index in [2.05, 4.69) is 38.7 Å². The third-order valence-electron chi connectivity index (χ3n) is 7.36. The minimum atomic E-state index is -0.364. The molecule has 0 radical (unpaired) electrons. The van der Waals surface area contributed by atoms with Gasteiger partial charge in [0, 0.05) is 55.1 Å². The number of anilines is 2. The van der Waals surface area contributed by atoms with Crippen molar-refractivity contribution in [1.29, 1.82) is 5.26 Å². The number of hydrogen-bond acceptors (Lipinski definition) is 8. The minimum absolute atomic E-state index is 0.147. The molecular weight excluding hydrogens is 520 g/mol. The summed E-state index contributed by atoms with van der Waals surface area (Å²) < 4.78 is 2.14. The number of fused-ring (bicyclic) bond motifs is 3. The second-order valence-electron chi connectivity index (χ2n) is 11.2. The molecule has 0 saturated heterocycles. The third-order valence-corrected chi connectivity index (χ3v) is 7.36. The average molecular weight is 553 g/mol. The van der Waals surface area contributed by atoms with Crippen LogP contribution in [-0.2, 0) is 30.8 Å². The molecule has 0 bridgehead atoms. The average Bonchev–Trinajstić information content (AvgIpc) is 3.44. The zero-order valence-corrected chi connectivity index (χ0v) is 23.5. The highest BCUT2D eigenvalue weighted by Crippen LogP contribution is 2.40. The van der Waals surface area contributed by atoms with Crippen molar-refractivity contribution in [2.45, 2.75) is 46.8 Å². The van der Waals surface area contributed by atoms with Crippen LogP contribution in [0.5, 0.6) is 0 Å². The smallest absolute Gasteiger partial charge is 0.276 e. The van der Waals surface area contributed by atoms with Crippen molar-refractivity contribution >= 4 is 29.5 Å². The fraction of sp³-hybridized carbons (Fsp3) is 0.333. The van der Waals surface area contributed by atoms with E-state index in [4.69, 9.17) is 5.26 Å². The fourth-order valence-electron chi connectivity index (χ4n) is 5.61. The van der Waals surface area contributed by atoms with Crippen LogP contribution in [-0.4, -0.2) is 55.4 Å². The predicted octanol–water partition coefficient (Wildman–Crippen LogP) is 3.27. The maximum Gasteiger partial charge on any atom is 0.276 e. The summed E-state index contributed by atoms with van der Waals surface area (Å²) >= 11 is 0. The number of nitriles is 1. The van der Waals surface area contributed by atoms with Gasteiger partial charge in [0.2, 0.25) is 6.41 Å². The largest absolute Gasteiger partial charge is 0.392 e. The number of amides is 2. The molecule has 2 amide bonds. The molecular formula is C30H32N8O3. The summed E-state index contributed by atoms with van der Waals surface area (Å²) in [5, 5.41) is 22.6. The first-order chi connectivity index (χ1) is 19.6. The topological polar surface area (TPSA) is 140 Å². The molecule has 1 aliphatic heterocycles. The second kappa shape index (κ2) is 11.0. The van der Waals surface area contributed by atoms with Crippen LogP contribution in [0.1, 0.15) is 59.3 Å². The molecule has 1 aliphatic carbocycles. The zero-order valence-electron chi connectivity index (χ0n) is 23.5. The summed E-state index contributed by atoms with van der Waals surface area (Å²) in [7, 11) is 1.61. The Kier molecular flexibility index (Phi) is 7.43. The van der Waals surface area contributed by atoms with Gasteiger partial charge < -0.3 is 19.9 Å². The van der Waals surface area contributed by atoms with Gasteiger partial charge in [0.05, 0.1) is 19.0 Å². The normalized spacial score (nSPS) is 16.2. The van der Waals surface area contributed by atoms with Crippen molar-refractivity contribution in [2.24, 2.45) is 5.41 Å². The lowest BCUT2D eigenvalue weighted by atomic mass is 9.90. The molecule has 2 aliphatic rings. The van der Waals surface area contributed by atoms with Gasteiger partial charge in [0.25, 0.3) is 5.91 Å². The maximum absolute atomic E-state index is 13.7. The van der Waals surface area contributed by atoms with E-state index >= 15 is 0 Å². The van der Waals surface area contributed by atoms with Crippen molar-refractivity contribution in [3.05, 3.63) is 82.5 Å². The summed E-state index contributed by atoms with van der Waals surface area (Å²) in [6.07, 6.45) is 10.4. The summed E-state index contributed by atoms with van der Waals surface area (Å²) in [5.41, 5.74) is 5.88. The van der Waals surface area contributed by atoms with Crippen LogP contribution in [0.2, 0.25) is 0 Å². The number of nitrogens with zero attached hydrogens (tertiary/aromatic N) is 7. The van der Waals surface area contributed by atoms with Gasteiger partial charge in [-0.3, -0.25) is 14.5 Å². The Balaban J connectivity index is 1.50. The maximum atomic E-state index is 13.7. The Labute approximate surface area is 238 Å². The highest BCUT2D eigenvalue weighted by Gasteiger charge is 2.37. The summed E-state index contributed by atoms with van der Waals surface area (Å²) in [4.78, 5) is 41.0. The molecule has 41 heavy (non-hydrogen) atoms. The Bertz CT molecular complexity index is 1610. The van der Waals surface area contributed by atoms with E-state index < -0.39 is 0 Å². The number of aliphatic hydroxyl groups excluding tert-OH is 1. The van der Waals surface area contributed by atoms with Crippen LogP contribution in [0.25, 0.3) is 5.57 Å². The number of allylic oxidation sites excluding steroid dienone is 3. The molecule has 210 valence electrons. The number of pyridine rings is 1. The van der Waals surface area contributed by atoms with E-state index in [9.17, 15) is 14.7 Å². The first kappa shape index (κ1) is 27.7. The van der Waals surface area contributed by atoms with E-state index in [1.807, 2.05) is 19.1 Å². The quantitative estimate of drug-likeness (QED) is 0.321. The second-order valence-corrected chi connectivity index (χ2v) is 11.2. The molecule has 0 unspecified atom stereocenters. The molecule has 0 atom stereocenters. The Morgan fingerprint density at radius 3 is 2.73 bits per heavy atom. The molecule has 3 aromatic rings. The van der Waals surface area contributed by atoms with Crippen LogP contribution in [0, 0.1) is 16.7 Å². The SMILES string of the molecule is C/C(=C\C(=C/N(C)C=O)c1ccnc(N2CCn3c(cc4c3CC(C)(C)C4)C2=O)c1CO)Nc1cnc(C#N)cn1. The van der Waals surface area contributed by atoms with Crippen LogP contribution in [0.3, 0.4) is 0 Å². The molecule has 0 saturated carbocycles. The molecule has 0 fully saturated rings. The van der Waals surface area contributed by atoms with E-state index in [0.29, 0.717) is 59.2 Å². The first-order valence-electron chi connectivity index (χ1n) is 13.3. The van der Waals surface area contributed by atoms with Gasteiger partial charge in [-0.05, 0) is 54.5 Å². The van der Waals surface area contributed by atoms with E-state index in [1.165, 1.54) is 28.6 Å². The molecule has 2 N–H and O–H groups in total. The van der Waals surface area contributed by atoms with E-state index in [0.717, 1.165) is 12.8 Å². The van der Waals surface area contributed by atoms with Crippen molar-refractivity contribution in [3.63, 3.8) is 0 Å². The van der Waals surface area contributed by atoms with E-state index in [-0.39, 0.29) is 23.6 Å². The van der Waals surface area contributed by atoms with E-state index in [1.54, 1.807) is 36.5 Å². The molecule has 4 heterocycles. The lowest BCUT2D eigenvalue weighted by Gasteiger charge is -2.31. The monoisotopic (exact) mass is 552 g/mol. The summed E-state index contributed by atoms with van der Waals surface area (Å²) in [6.45, 7) is 7.02. The van der Waals surface area contributed by atoms with Crippen molar-refractivity contribution < 1.29 is 14.7 Å². The Hall–Kier alpha value is -4.82. The van der Waals surface area contributed by atoms with Crippen LogP contribution < -0.4 is 10.2 Å². The highest BCUT2D eigenvalue weighted by atomic mass is 16.3. The van der Waals surface area contributed by atoms with Gasteiger partial charge in [-0.15, -0.1) is 0 Å². The van der Waals surface area contributed by atoms with Crippen molar-refractivity contribution in [1.82, 2.24) is 24.4 Å². The van der Waals surface area contributed by atoms with Gasteiger partial charge in [0.15, 0.2) is 5.69 Å². The standard InChI is InChI=1S/C30H32N8O3/c1-19(35-27-15-33-22(13-31)14-34-27)9-21(16-36(4)18-40)23-5-6-32-28(24(23)17-39)38-8-7-37-25(29(38)41)10-20-11-30(2,3)12-26(20)37/h5-6,9-10,14-16,18,39H,7-8,11-12,17H2,1-4H3,(H,34,35)/b19-9+,21-16+. The highest BCUT2D eigenvalue weighted by molar-refractivity contribution is 6.06. The zero-order chi connectivity index (χ0) is 29.3. The van der Waals surface area contributed by atoms with Crippen molar-refractivity contribution in [2.75, 3.05) is 23.8 Å². The Morgan fingerprint density at radius 2 is 2.05 bits per heavy atom. The molecule has 5 rings (SSSR count). The summed E-state index contributed by atoms with van der Waals surface area (Å²) in [6, 6.07) is 5.69. The first-order valence-corrected chi connectivity index (χ1v) is 13.3. The van der Waals surface area contributed by atoms with Gasteiger partial charge in [0.1, 0.15) is 23.4 Å². The number of rotatable bonds is 8. The lowest BCUT2D eigenvalue weighted by Crippen LogP contribution is -2.41. The molecule has 3 aromatic heterocycles. The molecule has 0 spiro atoms. The fourth-order valence-corrected chi connectivity index (χ4v) is 5.61. The number of carbonyl (C=O) groups is 2. The molecule has 11 nitrogen and oxygen atoms in total. The van der Waals surface area contributed by atoms with Crippen LogP contribution >= 0.6 is 0 Å². The van der Waals surface area contributed by atoms with Gasteiger partial charge in [-0.25, -0.2) is 15.0 Å². The number of carbonyl (C=O) groups excluding carboxylic acids is 2. The van der Waals surface area contributed by atoms with Gasteiger partial charge in [-0.1, -0.05) is 13.8 Å². The van der Waals surface area contributed by atoms with Crippen LogP contribution in [0.4, 0.5) is 11.6 Å².